The van der Waals surface area contributed by atoms with E-state index >= 15 is 0 Å². The van der Waals surface area contributed by atoms with Crippen molar-refractivity contribution in [3.63, 3.8) is 0 Å². The molecule has 2 nitrogen and oxygen atoms in total. The molecular weight excluding hydrogens is 179 g/mol. The molecule has 0 aliphatic carbocycles. The second-order valence-electron chi connectivity index (χ2n) is 2.55. The molecule has 0 spiro atoms. The molecule has 0 saturated heterocycles. The molecule has 1 aromatic rings. The summed E-state index contributed by atoms with van der Waals surface area (Å²) in [7, 11) is 0. The van der Waals surface area contributed by atoms with E-state index in [2.05, 4.69) is 5.43 Å². The molecule has 0 aromatic heterocycles. The van der Waals surface area contributed by atoms with Gasteiger partial charge in [0, 0.05) is 11.1 Å². The monoisotopic (exact) mass is 188 g/mol. The van der Waals surface area contributed by atoms with E-state index in [1.54, 1.807) is 6.07 Å². The average Bonchev–Trinajstić information content (AvgIpc) is 2.03. The fraction of sp³-hybridized carbons (Fsp3) is 0.250. The van der Waals surface area contributed by atoms with Gasteiger partial charge in [-0.1, -0.05) is 17.7 Å². The van der Waals surface area contributed by atoms with Crippen molar-refractivity contribution in [2.75, 3.05) is 0 Å². The van der Waals surface area contributed by atoms with Gasteiger partial charge in [-0.15, -0.1) is 0 Å². The summed E-state index contributed by atoms with van der Waals surface area (Å²) in [6.45, 7) is 1.85. The van der Waals surface area contributed by atoms with Crippen LogP contribution in [0.3, 0.4) is 0 Å². The molecule has 0 fully saturated rings. The van der Waals surface area contributed by atoms with Crippen molar-refractivity contribution in [1.29, 1.82) is 0 Å². The molecule has 1 unspecified atom stereocenters. The number of nitrogens with one attached hydrogen (secondary N) is 1. The molecule has 4 heteroatoms. The lowest BCUT2D eigenvalue weighted by molar-refractivity contribution is 0.595. The maximum atomic E-state index is 12.6. The molecule has 0 aliphatic rings. The van der Waals surface area contributed by atoms with Crippen molar-refractivity contribution in [3.8, 4) is 0 Å². The van der Waals surface area contributed by atoms with Gasteiger partial charge < -0.3 is 0 Å². The fourth-order valence-electron chi connectivity index (χ4n) is 0.942. The minimum absolute atomic E-state index is 0.0712. The molecule has 3 N–H and O–H groups in total. The van der Waals surface area contributed by atoms with E-state index in [0.717, 1.165) is 5.56 Å². The zero-order valence-corrected chi connectivity index (χ0v) is 7.40. The first-order chi connectivity index (χ1) is 5.65. The average molecular weight is 189 g/mol. The molecule has 1 rings (SSSR count). The number of rotatable bonds is 2. The van der Waals surface area contributed by atoms with Crippen LogP contribution < -0.4 is 11.3 Å². The number of hydrogen-bond acceptors (Lipinski definition) is 2. The number of benzene rings is 1. The zero-order valence-electron chi connectivity index (χ0n) is 6.64. The van der Waals surface area contributed by atoms with E-state index in [-0.39, 0.29) is 11.9 Å². The molecule has 66 valence electrons. The van der Waals surface area contributed by atoms with Crippen LogP contribution >= 0.6 is 11.6 Å². The Bertz CT molecular complexity index is 278. The number of nitrogens with two attached hydrogens (primary N) is 1. The maximum Gasteiger partial charge on any atom is 0.124 e. The highest BCUT2D eigenvalue weighted by Gasteiger charge is 2.07. The Morgan fingerprint density at radius 2 is 2.25 bits per heavy atom. The van der Waals surface area contributed by atoms with Gasteiger partial charge in [0.1, 0.15) is 5.82 Å². The van der Waals surface area contributed by atoms with Crippen molar-refractivity contribution in [3.05, 3.63) is 34.6 Å². The van der Waals surface area contributed by atoms with Crippen LogP contribution in [0.4, 0.5) is 4.39 Å². The molecule has 0 radical (unpaired) electrons. The molecule has 12 heavy (non-hydrogen) atoms. The fourth-order valence-corrected chi connectivity index (χ4v) is 1.27. The van der Waals surface area contributed by atoms with Crippen LogP contribution in [0.15, 0.2) is 18.2 Å². The van der Waals surface area contributed by atoms with E-state index < -0.39 is 0 Å². The molecule has 0 heterocycles. The standard InChI is InChI=1S/C8H10ClFN2/c1-5(12-11)7-3-2-6(10)4-8(7)9/h2-5,12H,11H2,1H3. The van der Waals surface area contributed by atoms with Crippen LogP contribution in [0.5, 0.6) is 0 Å². The second kappa shape index (κ2) is 3.85. The van der Waals surface area contributed by atoms with Gasteiger partial charge in [0.15, 0.2) is 0 Å². The lowest BCUT2D eigenvalue weighted by Gasteiger charge is -2.11. The van der Waals surface area contributed by atoms with E-state index in [1.807, 2.05) is 6.92 Å². The topological polar surface area (TPSA) is 38.0 Å². The van der Waals surface area contributed by atoms with E-state index in [0.29, 0.717) is 5.02 Å². The molecule has 1 atom stereocenters. The molecule has 0 saturated carbocycles. The third-order valence-corrected chi connectivity index (χ3v) is 2.01. The Labute approximate surface area is 75.5 Å². The molecule has 0 aliphatic heterocycles. The second-order valence-corrected chi connectivity index (χ2v) is 2.96. The summed E-state index contributed by atoms with van der Waals surface area (Å²) < 4.78 is 12.6. The smallest absolute Gasteiger partial charge is 0.124 e. The van der Waals surface area contributed by atoms with Crippen LogP contribution in [0.2, 0.25) is 5.02 Å². The summed E-state index contributed by atoms with van der Waals surface area (Å²) in [4.78, 5) is 0. The highest BCUT2D eigenvalue weighted by atomic mass is 35.5. The third-order valence-electron chi connectivity index (χ3n) is 1.68. The van der Waals surface area contributed by atoms with E-state index in [1.165, 1.54) is 12.1 Å². The van der Waals surface area contributed by atoms with Crippen LogP contribution in [-0.2, 0) is 0 Å². The Kier molecular flexibility index (Phi) is 3.03. The minimum atomic E-state index is -0.340. The molecular formula is C8H10ClFN2. The van der Waals surface area contributed by atoms with E-state index in [9.17, 15) is 4.39 Å². The summed E-state index contributed by atoms with van der Waals surface area (Å²) in [5, 5.41) is 0.389. The Balaban J connectivity index is 3.01. The highest BCUT2D eigenvalue weighted by molar-refractivity contribution is 6.31. The van der Waals surface area contributed by atoms with Gasteiger partial charge in [-0.3, -0.25) is 11.3 Å². The Hall–Kier alpha value is -0.640. The van der Waals surface area contributed by atoms with Crippen LogP contribution in [0.25, 0.3) is 0 Å². The van der Waals surface area contributed by atoms with Crippen molar-refractivity contribution in [2.45, 2.75) is 13.0 Å². The first-order valence-corrected chi connectivity index (χ1v) is 3.94. The van der Waals surface area contributed by atoms with Gasteiger partial charge in [-0.05, 0) is 24.6 Å². The quantitative estimate of drug-likeness (QED) is 0.551. The molecule has 0 bridgehead atoms. The van der Waals surface area contributed by atoms with Gasteiger partial charge in [0.05, 0.1) is 0 Å². The summed E-state index contributed by atoms with van der Waals surface area (Å²) in [5.41, 5.74) is 3.33. The van der Waals surface area contributed by atoms with Crippen molar-refractivity contribution in [2.24, 2.45) is 5.84 Å². The Morgan fingerprint density at radius 1 is 1.58 bits per heavy atom. The predicted octanol–water partition coefficient (Wildman–Crippen LogP) is 2.00. The first-order valence-electron chi connectivity index (χ1n) is 3.56. The number of halogens is 2. The normalized spacial score (nSPS) is 13.0. The van der Waals surface area contributed by atoms with E-state index in [4.69, 9.17) is 17.4 Å². The first kappa shape index (κ1) is 9.45. The van der Waals surface area contributed by atoms with Crippen molar-refractivity contribution < 1.29 is 4.39 Å². The van der Waals surface area contributed by atoms with Gasteiger partial charge in [-0.2, -0.15) is 0 Å². The predicted molar refractivity (Wildman–Crippen MR) is 47.1 cm³/mol. The summed E-state index contributed by atoms with van der Waals surface area (Å²) in [5.74, 6) is 4.87. The minimum Gasteiger partial charge on any atom is -0.271 e. The van der Waals surface area contributed by atoms with Gasteiger partial charge in [0.2, 0.25) is 0 Å². The Morgan fingerprint density at radius 3 is 2.75 bits per heavy atom. The zero-order chi connectivity index (χ0) is 9.14. The third kappa shape index (κ3) is 1.94. The van der Waals surface area contributed by atoms with Crippen molar-refractivity contribution >= 4 is 11.6 Å². The lowest BCUT2D eigenvalue weighted by atomic mass is 10.1. The summed E-state index contributed by atoms with van der Waals surface area (Å²) >= 11 is 5.77. The summed E-state index contributed by atoms with van der Waals surface area (Å²) in [6, 6.07) is 4.17. The number of hydrazine groups is 1. The van der Waals surface area contributed by atoms with Gasteiger partial charge >= 0.3 is 0 Å². The molecule has 1 aromatic carbocycles. The number of hydrogen-bond donors (Lipinski definition) is 2. The van der Waals surface area contributed by atoms with Crippen molar-refractivity contribution in [1.82, 2.24) is 5.43 Å². The van der Waals surface area contributed by atoms with Crippen LogP contribution in [0.1, 0.15) is 18.5 Å². The largest absolute Gasteiger partial charge is 0.271 e. The SMILES string of the molecule is CC(NN)c1ccc(F)cc1Cl. The highest BCUT2D eigenvalue weighted by Crippen LogP contribution is 2.22. The summed E-state index contributed by atoms with van der Waals surface area (Å²) in [6.07, 6.45) is 0. The van der Waals surface area contributed by atoms with Crippen LogP contribution in [0, 0.1) is 5.82 Å². The van der Waals surface area contributed by atoms with Gasteiger partial charge in [-0.25, -0.2) is 4.39 Å². The van der Waals surface area contributed by atoms with Gasteiger partial charge in [0.25, 0.3) is 0 Å². The van der Waals surface area contributed by atoms with Crippen LogP contribution in [-0.4, -0.2) is 0 Å². The maximum absolute atomic E-state index is 12.6. The lowest BCUT2D eigenvalue weighted by Crippen LogP contribution is -2.25. The molecule has 0 amide bonds.